The third kappa shape index (κ3) is 6.68. The van der Waals surface area contributed by atoms with Crippen LogP contribution in [0.3, 0.4) is 0 Å². The zero-order valence-corrected chi connectivity index (χ0v) is 19.8. The maximum Gasteiger partial charge on any atom is 0.194 e. The monoisotopic (exact) mass is 513 g/mol. The lowest BCUT2D eigenvalue weighted by Crippen LogP contribution is -2.48. The summed E-state index contributed by atoms with van der Waals surface area (Å²) in [4.78, 5) is 6.74. The topological polar surface area (TPSA) is 63.9 Å². The Morgan fingerprint density at radius 2 is 2.14 bits per heavy atom. The number of aliphatic imine (C=N–C) groups is 1. The number of nitrogens with zero attached hydrogens (tertiary/aromatic N) is 4. The number of morpholine rings is 1. The van der Waals surface area contributed by atoms with Crippen molar-refractivity contribution in [1.82, 2.24) is 20.0 Å². The molecule has 0 spiro atoms. The fraction of sp³-hybridized carbons (Fsp3) is 0.524. The van der Waals surface area contributed by atoms with E-state index in [1.54, 1.807) is 0 Å². The van der Waals surface area contributed by atoms with Crippen LogP contribution in [0.4, 0.5) is 0 Å². The third-order valence-corrected chi connectivity index (χ3v) is 4.84. The first-order valence-electron chi connectivity index (χ1n) is 9.91. The Morgan fingerprint density at radius 3 is 2.83 bits per heavy atom. The van der Waals surface area contributed by atoms with Gasteiger partial charge in [0.1, 0.15) is 6.10 Å². The highest BCUT2D eigenvalue weighted by Gasteiger charge is 2.25. The number of hydrogen-bond donors (Lipinski definition) is 1. The van der Waals surface area contributed by atoms with Crippen molar-refractivity contribution in [3.8, 4) is 0 Å². The second kappa shape index (κ2) is 12.1. The maximum atomic E-state index is 5.94. The summed E-state index contributed by atoms with van der Waals surface area (Å²) in [7, 11) is 3.75. The van der Waals surface area contributed by atoms with Gasteiger partial charge in [0.05, 0.1) is 26.0 Å². The highest BCUT2D eigenvalue weighted by molar-refractivity contribution is 14.0. The minimum absolute atomic E-state index is 0. The van der Waals surface area contributed by atoms with E-state index in [-0.39, 0.29) is 30.1 Å². The van der Waals surface area contributed by atoms with Crippen molar-refractivity contribution in [2.45, 2.75) is 32.6 Å². The Kier molecular flexibility index (Phi) is 9.89. The Labute approximate surface area is 190 Å². The normalized spacial score (nSPS) is 17.1. The van der Waals surface area contributed by atoms with E-state index in [0.717, 1.165) is 37.6 Å². The van der Waals surface area contributed by atoms with Crippen molar-refractivity contribution >= 4 is 29.9 Å². The second-order valence-electron chi connectivity index (χ2n) is 6.97. The van der Waals surface area contributed by atoms with Crippen molar-refractivity contribution in [1.29, 1.82) is 0 Å². The van der Waals surface area contributed by atoms with Crippen LogP contribution in [-0.4, -0.2) is 54.0 Å². The van der Waals surface area contributed by atoms with Crippen LogP contribution >= 0.6 is 24.0 Å². The number of rotatable bonds is 7. The number of halogens is 1. The van der Waals surface area contributed by atoms with E-state index in [9.17, 15) is 0 Å². The van der Waals surface area contributed by atoms with Gasteiger partial charge < -0.3 is 19.7 Å². The van der Waals surface area contributed by atoms with E-state index < -0.39 is 0 Å². The fourth-order valence-corrected chi connectivity index (χ4v) is 3.35. The third-order valence-electron chi connectivity index (χ3n) is 4.84. The van der Waals surface area contributed by atoms with E-state index in [1.165, 1.54) is 11.1 Å². The van der Waals surface area contributed by atoms with Gasteiger partial charge >= 0.3 is 0 Å². The predicted molar refractivity (Wildman–Crippen MR) is 125 cm³/mol. The standard InChI is InChI=1S/C21H31N5O2.HI/c1-4-10-27-16-18-8-6-5-7-17(18)12-23-21(22-2)26-9-11-28-20(15-26)19-13-24-25(3)14-19;/h5-8,13-14,20H,4,9-12,15-16H2,1-3H3,(H,22,23);1H. The lowest BCUT2D eigenvalue weighted by Gasteiger charge is -2.34. The van der Waals surface area contributed by atoms with Crippen LogP contribution in [0.5, 0.6) is 0 Å². The molecule has 1 aliphatic heterocycles. The largest absolute Gasteiger partial charge is 0.377 e. The summed E-state index contributed by atoms with van der Waals surface area (Å²) in [6.45, 7) is 6.51. The molecule has 0 radical (unpaired) electrons. The molecule has 2 heterocycles. The highest BCUT2D eigenvalue weighted by atomic mass is 127. The predicted octanol–water partition coefficient (Wildman–Crippen LogP) is 3.11. The molecule has 1 atom stereocenters. The average Bonchev–Trinajstić information content (AvgIpc) is 3.16. The van der Waals surface area contributed by atoms with Gasteiger partial charge in [0.2, 0.25) is 0 Å². The molecule has 0 saturated carbocycles. The van der Waals surface area contributed by atoms with Gasteiger partial charge in [-0.15, -0.1) is 24.0 Å². The van der Waals surface area contributed by atoms with Gasteiger partial charge in [-0.2, -0.15) is 5.10 Å². The fourth-order valence-electron chi connectivity index (χ4n) is 3.35. The van der Waals surface area contributed by atoms with Crippen LogP contribution in [-0.2, 0) is 29.7 Å². The number of aromatic nitrogens is 2. The first-order valence-corrected chi connectivity index (χ1v) is 9.91. The molecule has 0 amide bonds. The van der Waals surface area contributed by atoms with Crippen molar-refractivity contribution in [3.63, 3.8) is 0 Å². The second-order valence-corrected chi connectivity index (χ2v) is 6.97. The molecule has 1 N–H and O–H groups in total. The molecular weight excluding hydrogens is 481 g/mol. The molecule has 1 aromatic carbocycles. The molecule has 1 aliphatic rings. The molecule has 1 fully saturated rings. The molecular formula is C21H32IN5O2. The van der Waals surface area contributed by atoms with Crippen LogP contribution in [0.25, 0.3) is 0 Å². The molecule has 2 aromatic rings. The van der Waals surface area contributed by atoms with Gasteiger partial charge in [-0.1, -0.05) is 31.2 Å². The van der Waals surface area contributed by atoms with Gasteiger partial charge in [-0.25, -0.2) is 0 Å². The molecule has 1 unspecified atom stereocenters. The first-order chi connectivity index (χ1) is 13.7. The molecule has 8 heteroatoms. The Balaban J connectivity index is 0.00000300. The Hall–Kier alpha value is -1.65. The van der Waals surface area contributed by atoms with Crippen molar-refractivity contribution < 1.29 is 9.47 Å². The molecule has 160 valence electrons. The van der Waals surface area contributed by atoms with Gasteiger partial charge in [0.15, 0.2) is 5.96 Å². The number of hydrogen-bond acceptors (Lipinski definition) is 4. The van der Waals surface area contributed by atoms with Crippen LogP contribution < -0.4 is 5.32 Å². The van der Waals surface area contributed by atoms with Crippen LogP contribution in [0.15, 0.2) is 41.7 Å². The van der Waals surface area contributed by atoms with E-state index >= 15 is 0 Å². The van der Waals surface area contributed by atoms with Gasteiger partial charge in [0, 0.05) is 45.6 Å². The lowest BCUT2D eigenvalue weighted by molar-refractivity contribution is -0.00805. The van der Waals surface area contributed by atoms with Crippen LogP contribution in [0.2, 0.25) is 0 Å². The SMILES string of the molecule is CCCOCc1ccccc1CNC(=NC)N1CCOC(c2cnn(C)c2)C1.I. The van der Waals surface area contributed by atoms with Gasteiger partial charge in [-0.05, 0) is 17.5 Å². The summed E-state index contributed by atoms with van der Waals surface area (Å²) in [5, 5.41) is 7.77. The molecule has 0 bridgehead atoms. The molecule has 29 heavy (non-hydrogen) atoms. The van der Waals surface area contributed by atoms with Gasteiger partial charge in [-0.3, -0.25) is 9.67 Å². The minimum Gasteiger partial charge on any atom is -0.377 e. The minimum atomic E-state index is 0. The smallest absolute Gasteiger partial charge is 0.194 e. The quantitative estimate of drug-likeness (QED) is 0.267. The summed E-state index contributed by atoms with van der Waals surface area (Å²) < 4.78 is 13.5. The number of guanidine groups is 1. The molecule has 0 aliphatic carbocycles. The summed E-state index contributed by atoms with van der Waals surface area (Å²) in [5.74, 6) is 0.890. The summed E-state index contributed by atoms with van der Waals surface area (Å²) in [5.41, 5.74) is 3.55. The molecule has 1 aromatic heterocycles. The number of nitrogens with one attached hydrogen (secondary N) is 1. The molecule has 3 rings (SSSR count). The zero-order chi connectivity index (χ0) is 19.8. The van der Waals surface area contributed by atoms with Crippen LogP contribution in [0.1, 0.15) is 36.1 Å². The van der Waals surface area contributed by atoms with E-state index in [1.807, 2.05) is 31.2 Å². The van der Waals surface area contributed by atoms with E-state index in [2.05, 4.69) is 51.5 Å². The average molecular weight is 513 g/mol. The Bertz CT molecular complexity index is 780. The number of ether oxygens (including phenoxy) is 2. The van der Waals surface area contributed by atoms with Crippen molar-refractivity contribution in [2.24, 2.45) is 12.0 Å². The lowest BCUT2D eigenvalue weighted by atomic mass is 10.1. The summed E-state index contributed by atoms with van der Waals surface area (Å²) in [6.07, 6.45) is 4.92. The van der Waals surface area contributed by atoms with E-state index in [4.69, 9.17) is 9.47 Å². The molecule has 1 saturated heterocycles. The number of benzene rings is 1. The maximum absolute atomic E-state index is 5.94. The van der Waals surface area contributed by atoms with Crippen molar-refractivity contribution in [2.75, 3.05) is 33.4 Å². The molecule has 7 nitrogen and oxygen atoms in total. The van der Waals surface area contributed by atoms with Crippen LogP contribution in [0, 0.1) is 0 Å². The highest BCUT2D eigenvalue weighted by Crippen LogP contribution is 2.21. The van der Waals surface area contributed by atoms with Crippen molar-refractivity contribution in [3.05, 3.63) is 53.3 Å². The Morgan fingerprint density at radius 1 is 1.34 bits per heavy atom. The van der Waals surface area contributed by atoms with E-state index in [0.29, 0.717) is 19.8 Å². The number of aryl methyl sites for hydroxylation is 1. The zero-order valence-electron chi connectivity index (χ0n) is 17.5. The first kappa shape index (κ1) is 23.6. The van der Waals surface area contributed by atoms with Gasteiger partial charge in [0.25, 0.3) is 0 Å². The summed E-state index contributed by atoms with van der Waals surface area (Å²) >= 11 is 0. The summed E-state index contributed by atoms with van der Waals surface area (Å²) in [6, 6.07) is 8.39.